The molecule has 4 fully saturated rings. The van der Waals surface area contributed by atoms with Gasteiger partial charge in [0.15, 0.2) is 5.78 Å². The Kier molecular flexibility index (Phi) is 7.11. The van der Waals surface area contributed by atoms with Crippen molar-refractivity contribution in [2.75, 3.05) is 20.3 Å². The number of carbonyl (C=O) groups excluding carboxylic acids is 1. The number of hydrogen-bond donors (Lipinski definition) is 4. The van der Waals surface area contributed by atoms with Crippen molar-refractivity contribution in [1.82, 2.24) is 0 Å². The molecule has 0 heterocycles. The Morgan fingerprint density at radius 2 is 1.79 bits per heavy atom. The summed E-state index contributed by atoms with van der Waals surface area (Å²) < 4.78 is 5.34. The summed E-state index contributed by atoms with van der Waals surface area (Å²) in [5.74, 6) is 1.57. The van der Waals surface area contributed by atoms with Crippen LogP contribution in [0.4, 0.5) is 0 Å². The first-order valence-electron chi connectivity index (χ1n) is 13.1. The molecule has 4 rings (SSSR count). The lowest BCUT2D eigenvalue weighted by Crippen LogP contribution is -2.81. The number of ketones is 1. The van der Waals surface area contributed by atoms with Crippen LogP contribution in [-0.4, -0.2) is 54.0 Å². The van der Waals surface area contributed by atoms with Crippen molar-refractivity contribution >= 4 is 18.0 Å². The van der Waals surface area contributed by atoms with E-state index in [0.717, 1.165) is 57.6 Å². The van der Waals surface area contributed by atoms with Crippen LogP contribution < -0.4 is 5.32 Å². The molecule has 4 aliphatic carbocycles. The van der Waals surface area contributed by atoms with E-state index in [0.29, 0.717) is 30.3 Å². The number of methoxy groups -OCH3 is 1. The summed E-state index contributed by atoms with van der Waals surface area (Å²) in [6, 6.07) is 0. The SMILES string of the molecule is COCC1(O)CCC2(C)C(CCC3C2CCC2(C)C(C(=O)C[NH2+]C=C(C=N)C(=O)O)CCC32)C1. The van der Waals surface area contributed by atoms with Crippen molar-refractivity contribution < 1.29 is 29.9 Å². The molecule has 0 radical (unpaired) electrons. The minimum absolute atomic E-state index is 0.0294. The highest BCUT2D eigenvalue weighted by molar-refractivity contribution is 6.07. The standard InChI is InChI=1S/C27H42N2O5/c1-25-10-11-27(33,16-34-3)12-18(25)4-5-19-20-6-7-22(26(20,2)9-8-21(19)25)23(30)15-29-14-17(13-28)24(31)32/h13-14,18-22,28-29,33H,4-12,15-16H2,1-3H3,(H,31,32)/p+1. The van der Waals surface area contributed by atoms with Crippen molar-refractivity contribution in [3.8, 4) is 0 Å². The number of hydrogen-bond acceptors (Lipinski definition) is 5. The first-order chi connectivity index (χ1) is 16.1. The average molecular weight is 476 g/mol. The van der Waals surface area contributed by atoms with Gasteiger partial charge in [-0.25, -0.2) is 4.79 Å². The monoisotopic (exact) mass is 475 g/mol. The van der Waals surface area contributed by atoms with Crippen LogP contribution in [-0.2, 0) is 14.3 Å². The van der Waals surface area contributed by atoms with Crippen LogP contribution >= 0.6 is 0 Å². The molecule has 0 bridgehead atoms. The third-order valence-electron chi connectivity index (χ3n) is 10.6. The lowest BCUT2D eigenvalue weighted by Gasteiger charge is -2.62. The predicted octanol–water partition coefficient (Wildman–Crippen LogP) is 2.77. The van der Waals surface area contributed by atoms with Gasteiger partial charge in [-0.05, 0) is 92.3 Å². The van der Waals surface area contributed by atoms with Crippen LogP contribution in [0.15, 0.2) is 11.8 Å². The number of carboxylic acid groups (broad SMARTS) is 1. The van der Waals surface area contributed by atoms with Gasteiger partial charge in [-0.1, -0.05) is 13.8 Å². The second-order valence-electron chi connectivity index (χ2n) is 12.2. The highest BCUT2D eigenvalue weighted by Crippen LogP contribution is 2.68. The van der Waals surface area contributed by atoms with Gasteiger partial charge >= 0.3 is 5.97 Å². The maximum Gasteiger partial charge on any atom is 0.342 e. The zero-order valence-electron chi connectivity index (χ0n) is 21.0. The van der Waals surface area contributed by atoms with Crippen LogP contribution in [0.3, 0.4) is 0 Å². The largest absolute Gasteiger partial charge is 0.477 e. The highest BCUT2D eigenvalue weighted by Gasteiger charge is 2.62. The molecule has 0 aromatic rings. The summed E-state index contributed by atoms with van der Waals surface area (Å²) >= 11 is 0. The van der Waals surface area contributed by atoms with Gasteiger partial charge in [0.1, 0.15) is 18.3 Å². The summed E-state index contributed by atoms with van der Waals surface area (Å²) in [4.78, 5) is 24.3. The van der Waals surface area contributed by atoms with E-state index in [1.54, 1.807) is 12.4 Å². The molecule has 34 heavy (non-hydrogen) atoms. The van der Waals surface area contributed by atoms with Crippen molar-refractivity contribution in [3.05, 3.63) is 11.8 Å². The number of fused-ring (bicyclic) bond motifs is 5. The predicted molar refractivity (Wildman–Crippen MR) is 128 cm³/mol. The van der Waals surface area contributed by atoms with Gasteiger partial charge in [0.05, 0.1) is 12.2 Å². The quantitative estimate of drug-likeness (QED) is 0.317. The molecule has 0 amide bonds. The highest BCUT2D eigenvalue weighted by atomic mass is 16.5. The third-order valence-corrected chi connectivity index (χ3v) is 10.6. The van der Waals surface area contributed by atoms with E-state index >= 15 is 0 Å². The van der Waals surface area contributed by atoms with Crippen LogP contribution in [0.25, 0.3) is 0 Å². The molecule has 5 N–H and O–H groups in total. The number of carboxylic acids is 1. The summed E-state index contributed by atoms with van der Waals surface area (Å²) in [5.41, 5.74) is -0.478. The Balaban J connectivity index is 1.44. The zero-order valence-corrected chi connectivity index (χ0v) is 21.0. The number of Topliss-reactive ketones (excluding diaryl/α,β-unsaturated/α-hetero) is 1. The van der Waals surface area contributed by atoms with Crippen molar-refractivity contribution in [3.63, 3.8) is 0 Å². The summed E-state index contributed by atoms with van der Waals surface area (Å²) in [6.45, 7) is 5.49. The molecule has 4 aliphatic rings. The zero-order chi connectivity index (χ0) is 24.7. The fraction of sp³-hybridized carbons (Fsp3) is 0.815. The maximum absolute atomic E-state index is 13.2. The van der Waals surface area contributed by atoms with Gasteiger partial charge in [-0.3, -0.25) is 4.79 Å². The van der Waals surface area contributed by atoms with Gasteiger partial charge in [-0.2, -0.15) is 0 Å². The van der Waals surface area contributed by atoms with Gasteiger partial charge in [0.2, 0.25) is 0 Å². The van der Waals surface area contributed by atoms with Crippen LogP contribution in [0.5, 0.6) is 0 Å². The number of carbonyl (C=O) groups is 2. The molecular weight excluding hydrogens is 432 g/mol. The van der Waals surface area contributed by atoms with Crippen molar-refractivity contribution in [1.29, 1.82) is 5.41 Å². The number of rotatable bonds is 8. The molecule has 0 aromatic heterocycles. The normalized spacial score (nSPS) is 44.0. The first-order valence-corrected chi connectivity index (χ1v) is 13.1. The van der Waals surface area contributed by atoms with Crippen LogP contribution in [0.1, 0.15) is 71.6 Å². The van der Waals surface area contributed by atoms with Crippen molar-refractivity contribution in [2.24, 2.45) is 40.4 Å². The minimum atomic E-state index is -1.14. The number of quaternary nitrogens is 1. The molecular formula is C27H43N2O5+. The summed E-state index contributed by atoms with van der Waals surface area (Å²) in [7, 11) is 1.68. The molecule has 8 unspecified atom stereocenters. The second kappa shape index (κ2) is 9.47. The Morgan fingerprint density at radius 3 is 2.47 bits per heavy atom. The fourth-order valence-electron chi connectivity index (χ4n) is 8.88. The van der Waals surface area contributed by atoms with Crippen molar-refractivity contribution in [2.45, 2.75) is 77.2 Å². The van der Waals surface area contributed by atoms with E-state index in [2.05, 4.69) is 13.8 Å². The number of nitrogens with two attached hydrogens (primary N) is 1. The third kappa shape index (κ3) is 4.28. The molecule has 4 saturated carbocycles. The van der Waals surface area contributed by atoms with Gasteiger partial charge in [-0.15, -0.1) is 0 Å². The second-order valence-corrected chi connectivity index (χ2v) is 12.2. The molecule has 0 aliphatic heterocycles. The van der Waals surface area contributed by atoms with Gasteiger partial charge in [0, 0.05) is 19.2 Å². The first kappa shape index (κ1) is 25.5. The maximum atomic E-state index is 13.2. The Hall–Kier alpha value is -1.57. The van der Waals surface area contributed by atoms with E-state index in [1.165, 1.54) is 12.6 Å². The Bertz CT molecular complexity index is 858. The average Bonchev–Trinajstić information content (AvgIpc) is 3.14. The Morgan fingerprint density at radius 1 is 1.06 bits per heavy atom. The van der Waals surface area contributed by atoms with Gasteiger partial charge < -0.3 is 25.7 Å². The molecule has 190 valence electrons. The molecule has 0 saturated heterocycles. The number of aliphatic carboxylic acids is 1. The fourth-order valence-corrected chi connectivity index (χ4v) is 8.88. The lowest BCUT2D eigenvalue weighted by atomic mass is 9.44. The number of nitrogens with one attached hydrogen (secondary N) is 1. The summed E-state index contributed by atoms with van der Waals surface area (Å²) in [5, 5.41) is 28.9. The molecule has 8 atom stereocenters. The van der Waals surface area contributed by atoms with Crippen LogP contribution in [0, 0.1) is 45.8 Å². The topological polar surface area (TPSA) is 124 Å². The molecule has 7 heteroatoms. The van der Waals surface area contributed by atoms with E-state index in [-0.39, 0.29) is 34.6 Å². The number of aliphatic hydroxyl groups is 1. The van der Waals surface area contributed by atoms with E-state index in [9.17, 15) is 14.7 Å². The summed E-state index contributed by atoms with van der Waals surface area (Å²) in [6.07, 6.45) is 11.6. The smallest absolute Gasteiger partial charge is 0.342 e. The molecule has 7 nitrogen and oxygen atoms in total. The van der Waals surface area contributed by atoms with Crippen LogP contribution in [0.2, 0.25) is 0 Å². The van der Waals surface area contributed by atoms with Gasteiger partial charge in [0.25, 0.3) is 0 Å². The Labute approximate surface area is 203 Å². The number of ether oxygens (including phenoxy) is 1. The lowest BCUT2D eigenvalue weighted by molar-refractivity contribution is -0.576. The van der Waals surface area contributed by atoms with E-state index in [4.69, 9.17) is 15.3 Å². The van der Waals surface area contributed by atoms with E-state index in [1.807, 2.05) is 0 Å². The minimum Gasteiger partial charge on any atom is -0.477 e. The van der Waals surface area contributed by atoms with E-state index < -0.39 is 11.6 Å². The molecule has 0 aromatic carbocycles. The molecule has 0 spiro atoms.